The zero-order valence-corrected chi connectivity index (χ0v) is 10.3. The molecule has 1 aliphatic heterocycles. The second kappa shape index (κ2) is 4.83. The van der Waals surface area contributed by atoms with Crippen molar-refractivity contribution in [3.8, 4) is 0 Å². The van der Waals surface area contributed by atoms with Gasteiger partial charge in [-0.1, -0.05) is 6.92 Å². The number of nitrogens with zero attached hydrogens (tertiary/aromatic N) is 4. The van der Waals surface area contributed by atoms with Crippen molar-refractivity contribution in [2.45, 2.75) is 32.4 Å². The van der Waals surface area contributed by atoms with Crippen molar-refractivity contribution >= 4 is 5.91 Å². The molecule has 94 valence electrons. The number of amides is 1. The lowest BCUT2D eigenvalue weighted by atomic mass is 9.96. The number of aromatic nitrogens is 3. The standard InChI is InChI=1S/C11H19N5O/c1-8-3-10(12)5-15(4-8)11(17)9(2)16-7-13-6-14-16/h6-10H,3-5,12H2,1-2H3. The third-order valence-corrected chi connectivity index (χ3v) is 3.19. The summed E-state index contributed by atoms with van der Waals surface area (Å²) in [7, 11) is 0. The molecule has 1 saturated heterocycles. The summed E-state index contributed by atoms with van der Waals surface area (Å²) in [5.41, 5.74) is 5.94. The fourth-order valence-corrected chi connectivity index (χ4v) is 2.37. The number of hydrogen-bond donors (Lipinski definition) is 1. The minimum absolute atomic E-state index is 0.0671. The molecule has 0 radical (unpaired) electrons. The molecule has 2 N–H and O–H groups in total. The second-order valence-corrected chi connectivity index (χ2v) is 4.90. The molecule has 17 heavy (non-hydrogen) atoms. The first-order valence-electron chi connectivity index (χ1n) is 5.96. The molecule has 1 aromatic rings. The highest BCUT2D eigenvalue weighted by Crippen LogP contribution is 2.18. The minimum atomic E-state index is -0.310. The van der Waals surface area contributed by atoms with Gasteiger partial charge < -0.3 is 10.6 Å². The van der Waals surface area contributed by atoms with Crippen LogP contribution in [0.25, 0.3) is 0 Å². The van der Waals surface area contributed by atoms with E-state index in [2.05, 4.69) is 17.0 Å². The molecule has 0 aromatic carbocycles. The van der Waals surface area contributed by atoms with Gasteiger partial charge in [0.1, 0.15) is 18.7 Å². The zero-order valence-electron chi connectivity index (χ0n) is 10.3. The van der Waals surface area contributed by atoms with E-state index in [9.17, 15) is 4.79 Å². The van der Waals surface area contributed by atoms with E-state index < -0.39 is 0 Å². The highest BCUT2D eigenvalue weighted by atomic mass is 16.2. The number of hydrogen-bond acceptors (Lipinski definition) is 4. The smallest absolute Gasteiger partial charge is 0.247 e. The number of rotatable bonds is 2. The van der Waals surface area contributed by atoms with Gasteiger partial charge in [0.05, 0.1) is 0 Å². The lowest BCUT2D eigenvalue weighted by Crippen LogP contribution is -2.50. The molecule has 2 rings (SSSR count). The predicted octanol–water partition coefficient (Wildman–Crippen LogP) is 0.0348. The Hall–Kier alpha value is -1.43. The molecule has 0 saturated carbocycles. The Morgan fingerprint density at radius 2 is 2.29 bits per heavy atom. The Labute approximate surface area is 101 Å². The molecule has 1 aromatic heterocycles. The Bertz CT molecular complexity index is 367. The highest BCUT2D eigenvalue weighted by Gasteiger charge is 2.29. The zero-order chi connectivity index (χ0) is 12.4. The Morgan fingerprint density at radius 1 is 1.53 bits per heavy atom. The van der Waals surface area contributed by atoms with Crippen LogP contribution >= 0.6 is 0 Å². The quantitative estimate of drug-likeness (QED) is 0.787. The van der Waals surface area contributed by atoms with E-state index in [0.717, 1.165) is 13.0 Å². The molecule has 0 aliphatic carbocycles. The molecule has 0 bridgehead atoms. The molecule has 0 spiro atoms. The summed E-state index contributed by atoms with van der Waals surface area (Å²) in [5, 5.41) is 4.00. The van der Waals surface area contributed by atoms with Crippen LogP contribution in [0, 0.1) is 5.92 Å². The van der Waals surface area contributed by atoms with Gasteiger partial charge >= 0.3 is 0 Å². The van der Waals surface area contributed by atoms with Crippen LogP contribution in [0.3, 0.4) is 0 Å². The predicted molar refractivity (Wildman–Crippen MR) is 63.1 cm³/mol. The average molecular weight is 237 g/mol. The van der Waals surface area contributed by atoms with Crippen molar-refractivity contribution in [1.29, 1.82) is 0 Å². The topological polar surface area (TPSA) is 77.0 Å². The van der Waals surface area contributed by atoms with Crippen LogP contribution in [-0.4, -0.2) is 44.7 Å². The maximum Gasteiger partial charge on any atom is 0.247 e. The van der Waals surface area contributed by atoms with Gasteiger partial charge in [0.2, 0.25) is 5.91 Å². The van der Waals surface area contributed by atoms with E-state index in [1.165, 1.54) is 6.33 Å². The number of piperidine rings is 1. The molecule has 1 aliphatic rings. The summed E-state index contributed by atoms with van der Waals surface area (Å²) in [4.78, 5) is 18.0. The van der Waals surface area contributed by atoms with E-state index in [1.807, 2.05) is 11.8 Å². The van der Waals surface area contributed by atoms with Gasteiger partial charge in [0.15, 0.2) is 0 Å². The lowest BCUT2D eigenvalue weighted by Gasteiger charge is -2.36. The maximum atomic E-state index is 12.3. The summed E-state index contributed by atoms with van der Waals surface area (Å²) < 4.78 is 1.58. The van der Waals surface area contributed by atoms with Crippen molar-refractivity contribution < 1.29 is 4.79 Å². The summed E-state index contributed by atoms with van der Waals surface area (Å²) >= 11 is 0. The fraction of sp³-hybridized carbons (Fsp3) is 0.727. The Kier molecular flexibility index (Phi) is 3.42. The number of nitrogens with two attached hydrogens (primary N) is 1. The second-order valence-electron chi connectivity index (χ2n) is 4.90. The van der Waals surface area contributed by atoms with E-state index in [4.69, 9.17) is 5.73 Å². The van der Waals surface area contributed by atoms with Gasteiger partial charge in [0, 0.05) is 19.1 Å². The molecule has 1 fully saturated rings. The molecule has 3 atom stereocenters. The van der Waals surface area contributed by atoms with Crippen LogP contribution in [-0.2, 0) is 4.79 Å². The fourth-order valence-electron chi connectivity index (χ4n) is 2.37. The lowest BCUT2D eigenvalue weighted by molar-refractivity contribution is -0.136. The van der Waals surface area contributed by atoms with Gasteiger partial charge in [-0.3, -0.25) is 4.79 Å². The van der Waals surface area contributed by atoms with Gasteiger partial charge in [0.25, 0.3) is 0 Å². The van der Waals surface area contributed by atoms with Crippen molar-refractivity contribution in [1.82, 2.24) is 19.7 Å². The molecule has 2 heterocycles. The minimum Gasteiger partial charge on any atom is -0.339 e. The van der Waals surface area contributed by atoms with E-state index in [-0.39, 0.29) is 18.0 Å². The number of carbonyl (C=O) groups excluding carboxylic acids is 1. The van der Waals surface area contributed by atoms with Crippen LogP contribution in [0.1, 0.15) is 26.3 Å². The van der Waals surface area contributed by atoms with Gasteiger partial charge in [-0.15, -0.1) is 0 Å². The van der Waals surface area contributed by atoms with Crippen LogP contribution in [0.15, 0.2) is 12.7 Å². The Morgan fingerprint density at radius 3 is 2.88 bits per heavy atom. The summed E-state index contributed by atoms with van der Waals surface area (Å²) in [6.07, 6.45) is 3.99. The first kappa shape index (κ1) is 12.0. The molecular weight excluding hydrogens is 218 g/mol. The first-order chi connectivity index (χ1) is 8.08. The number of carbonyl (C=O) groups is 1. The van der Waals surface area contributed by atoms with Crippen molar-refractivity contribution in [3.63, 3.8) is 0 Å². The molecule has 3 unspecified atom stereocenters. The van der Waals surface area contributed by atoms with E-state index >= 15 is 0 Å². The van der Waals surface area contributed by atoms with Crippen molar-refractivity contribution in [2.24, 2.45) is 11.7 Å². The number of likely N-dealkylation sites (tertiary alicyclic amines) is 1. The normalized spacial score (nSPS) is 26.9. The SMILES string of the molecule is CC1CC(N)CN(C(=O)C(C)n2cncn2)C1. The van der Waals surface area contributed by atoms with E-state index in [0.29, 0.717) is 12.5 Å². The van der Waals surface area contributed by atoms with Crippen LogP contribution in [0.5, 0.6) is 0 Å². The summed E-state index contributed by atoms with van der Waals surface area (Å²) in [5.74, 6) is 0.531. The maximum absolute atomic E-state index is 12.3. The van der Waals surface area contributed by atoms with Crippen molar-refractivity contribution in [3.05, 3.63) is 12.7 Å². The largest absolute Gasteiger partial charge is 0.339 e. The van der Waals surface area contributed by atoms with Gasteiger partial charge in [-0.2, -0.15) is 5.10 Å². The molecule has 6 nitrogen and oxygen atoms in total. The summed E-state index contributed by atoms with van der Waals surface area (Å²) in [6.45, 7) is 5.38. The van der Waals surface area contributed by atoms with Crippen molar-refractivity contribution in [2.75, 3.05) is 13.1 Å². The highest BCUT2D eigenvalue weighted by molar-refractivity contribution is 5.80. The average Bonchev–Trinajstić information content (AvgIpc) is 2.79. The third-order valence-electron chi connectivity index (χ3n) is 3.19. The summed E-state index contributed by atoms with van der Waals surface area (Å²) in [6, 6.07) is -0.222. The van der Waals surface area contributed by atoms with Crippen LogP contribution in [0.2, 0.25) is 0 Å². The van der Waals surface area contributed by atoms with Gasteiger partial charge in [-0.05, 0) is 19.3 Å². The molecule has 1 amide bonds. The Balaban J connectivity index is 2.04. The molecule has 6 heteroatoms. The third kappa shape index (κ3) is 2.63. The molecular formula is C11H19N5O. The monoisotopic (exact) mass is 237 g/mol. The van der Waals surface area contributed by atoms with Crippen LogP contribution < -0.4 is 5.73 Å². The first-order valence-corrected chi connectivity index (χ1v) is 5.96. The van der Waals surface area contributed by atoms with Crippen LogP contribution in [0.4, 0.5) is 0 Å². The van der Waals surface area contributed by atoms with E-state index in [1.54, 1.807) is 11.0 Å². The van der Waals surface area contributed by atoms with Gasteiger partial charge in [-0.25, -0.2) is 9.67 Å².